The third kappa shape index (κ3) is 4.53. The molecule has 1 heterocycles. The van der Waals surface area contributed by atoms with Gasteiger partial charge in [-0.15, -0.1) is 0 Å². The van der Waals surface area contributed by atoms with E-state index >= 15 is 0 Å². The van der Waals surface area contributed by atoms with Gasteiger partial charge < -0.3 is 10.1 Å². The van der Waals surface area contributed by atoms with Gasteiger partial charge in [-0.2, -0.15) is 0 Å². The molecule has 0 saturated carbocycles. The van der Waals surface area contributed by atoms with Gasteiger partial charge in [-0.25, -0.2) is 0 Å². The van der Waals surface area contributed by atoms with E-state index in [0.29, 0.717) is 6.04 Å². The molecular formula is C18H30N2O. The van der Waals surface area contributed by atoms with Crippen LogP contribution in [0.25, 0.3) is 0 Å². The number of hydrogen-bond donors (Lipinski definition) is 1. The molecule has 1 aliphatic heterocycles. The van der Waals surface area contributed by atoms with Crippen LogP contribution in [-0.2, 0) is 4.74 Å². The van der Waals surface area contributed by atoms with Crippen LogP contribution in [0.1, 0.15) is 44.9 Å². The molecule has 1 aromatic carbocycles. The van der Waals surface area contributed by atoms with Crippen LogP contribution in [0.2, 0.25) is 0 Å². The van der Waals surface area contributed by atoms with Gasteiger partial charge in [-0.05, 0) is 47.2 Å². The van der Waals surface area contributed by atoms with Crippen molar-refractivity contribution >= 4 is 0 Å². The van der Waals surface area contributed by atoms with Crippen LogP contribution in [0.3, 0.4) is 0 Å². The molecule has 1 atom stereocenters. The first-order valence-electron chi connectivity index (χ1n) is 7.87. The first-order valence-corrected chi connectivity index (χ1v) is 7.87. The number of nitrogens with zero attached hydrogens (tertiary/aromatic N) is 1. The van der Waals surface area contributed by atoms with Crippen LogP contribution < -0.4 is 5.32 Å². The van der Waals surface area contributed by atoms with Gasteiger partial charge in [-0.1, -0.05) is 29.8 Å². The Morgan fingerprint density at radius 2 is 1.62 bits per heavy atom. The van der Waals surface area contributed by atoms with Crippen LogP contribution in [0, 0.1) is 6.92 Å². The van der Waals surface area contributed by atoms with Crippen molar-refractivity contribution in [3.05, 3.63) is 35.4 Å². The largest absolute Gasteiger partial charge is 0.367 e. The van der Waals surface area contributed by atoms with Crippen molar-refractivity contribution in [2.75, 3.05) is 26.7 Å². The minimum atomic E-state index is -0.0900. The van der Waals surface area contributed by atoms with E-state index in [-0.39, 0.29) is 11.2 Å². The second-order valence-electron chi connectivity index (χ2n) is 7.54. The van der Waals surface area contributed by atoms with Gasteiger partial charge in [0.25, 0.3) is 0 Å². The summed E-state index contributed by atoms with van der Waals surface area (Å²) in [6.45, 7) is 13.8. The summed E-state index contributed by atoms with van der Waals surface area (Å²) in [6, 6.07) is 9.19. The van der Waals surface area contributed by atoms with Crippen molar-refractivity contribution in [1.82, 2.24) is 10.2 Å². The van der Waals surface area contributed by atoms with E-state index in [4.69, 9.17) is 4.74 Å². The van der Waals surface area contributed by atoms with Gasteiger partial charge in [0.05, 0.1) is 11.2 Å². The molecule has 1 unspecified atom stereocenters. The van der Waals surface area contributed by atoms with Crippen LogP contribution in [0.4, 0.5) is 0 Å². The third-order valence-corrected chi connectivity index (χ3v) is 4.03. The van der Waals surface area contributed by atoms with E-state index in [2.05, 4.69) is 69.1 Å². The fourth-order valence-electron chi connectivity index (χ4n) is 3.49. The molecule has 118 valence electrons. The van der Waals surface area contributed by atoms with E-state index in [1.807, 2.05) is 7.05 Å². The SMILES string of the molecule is CNC(CN1CC(C)(C)OC(C)(C)C1)c1ccc(C)cc1. The van der Waals surface area contributed by atoms with Crippen molar-refractivity contribution in [2.45, 2.75) is 51.9 Å². The fraction of sp³-hybridized carbons (Fsp3) is 0.667. The Kier molecular flexibility index (Phi) is 4.76. The lowest BCUT2D eigenvalue weighted by atomic mass is 9.97. The summed E-state index contributed by atoms with van der Waals surface area (Å²) in [5, 5.41) is 3.46. The van der Waals surface area contributed by atoms with E-state index in [1.165, 1.54) is 11.1 Å². The molecule has 0 bridgehead atoms. The van der Waals surface area contributed by atoms with Crippen molar-refractivity contribution in [3.63, 3.8) is 0 Å². The van der Waals surface area contributed by atoms with Gasteiger partial charge in [0, 0.05) is 25.7 Å². The summed E-state index contributed by atoms with van der Waals surface area (Å²) in [4.78, 5) is 2.52. The normalized spacial score (nSPS) is 23.0. The molecule has 2 rings (SSSR count). The third-order valence-electron chi connectivity index (χ3n) is 4.03. The van der Waals surface area contributed by atoms with Gasteiger partial charge >= 0.3 is 0 Å². The summed E-state index contributed by atoms with van der Waals surface area (Å²) in [5.41, 5.74) is 2.48. The van der Waals surface area contributed by atoms with Crippen molar-refractivity contribution in [3.8, 4) is 0 Å². The zero-order valence-corrected chi connectivity index (χ0v) is 14.4. The quantitative estimate of drug-likeness (QED) is 0.922. The molecule has 0 aromatic heterocycles. The highest BCUT2D eigenvalue weighted by Crippen LogP contribution is 2.29. The first-order chi connectivity index (χ1) is 9.71. The lowest BCUT2D eigenvalue weighted by Gasteiger charge is -2.48. The zero-order chi connectivity index (χ0) is 15.7. The Hall–Kier alpha value is -0.900. The molecule has 21 heavy (non-hydrogen) atoms. The predicted octanol–water partition coefficient (Wildman–Crippen LogP) is 3.14. The van der Waals surface area contributed by atoms with E-state index in [1.54, 1.807) is 0 Å². The summed E-state index contributed by atoms with van der Waals surface area (Å²) in [6.07, 6.45) is 0. The Morgan fingerprint density at radius 3 is 2.10 bits per heavy atom. The van der Waals surface area contributed by atoms with Gasteiger partial charge in [-0.3, -0.25) is 4.90 Å². The van der Waals surface area contributed by atoms with Crippen molar-refractivity contribution in [1.29, 1.82) is 0 Å². The minimum Gasteiger partial charge on any atom is -0.367 e. The standard InChI is InChI=1S/C18H30N2O/c1-14-7-9-15(10-8-14)16(19-6)11-20-12-17(2,3)21-18(4,5)13-20/h7-10,16,19H,11-13H2,1-6H3. The smallest absolute Gasteiger partial charge is 0.0760 e. The monoisotopic (exact) mass is 290 g/mol. The highest BCUT2D eigenvalue weighted by Gasteiger charge is 2.38. The second kappa shape index (κ2) is 6.07. The van der Waals surface area contributed by atoms with Crippen LogP contribution in [-0.4, -0.2) is 42.8 Å². The molecule has 3 heteroatoms. The summed E-state index contributed by atoms with van der Waals surface area (Å²) in [5.74, 6) is 0. The molecule has 3 nitrogen and oxygen atoms in total. The van der Waals surface area contributed by atoms with Crippen LogP contribution in [0.15, 0.2) is 24.3 Å². The zero-order valence-electron chi connectivity index (χ0n) is 14.4. The molecule has 1 aromatic rings. The fourth-order valence-corrected chi connectivity index (χ4v) is 3.49. The van der Waals surface area contributed by atoms with Gasteiger partial charge in [0.2, 0.25) is 0 Å². The maximum absolute atomic E-state index is 6.17. The Balaban J connectivity index is 2.09. The highest BCUT2D eigenvalue weighted by atomic mass is 16.5. The number of nitrogens with one attached hydrogen (secondary N) is 1. The molecule has 0 radical (unpaired) electrons. The number of morpholine rings is 1. The summed E-state index contributed by atoms with van der Waals surface area (Å²) < 4.78 is 6.17. The lowest BCUT2D eigenvalue weighted by molar-refractivity contribution is -0.181. The molecule has 1 N–H and O–H groups in total. The first kappa shape index (κ1) is 16.5. The number of aryl methyl sites for hydroxylation is 1. The average molecular weight is 290 g/mol. The molecule has 1 saturated heterocycles. The Labute approximate surface area is 129 Å². The summed E-state index contributed by atoms with van der Waals surface area (Å²) >= 11 is 0. The molecule has 0 aliphatic carbocycles. The van der Waals surface area contributed by atoms with E-state index in [0.717, 1.165) is 19.6 Å². The van der Waals surface area contributed by atoms with Crippen molar-refractivity contribution in [2.24, 2.45) is 0 Å². The minimum absolute atomic E-state index is 0.0900. The van der Waals surface area contributed by atoms with Gasteiger partial charge in [0.15, 0.2) is 0 Å². The molecule has 0 amide bonds. The number of likely N-dealkylation sites (N-methyl/N-ethyl adjacent to an activating group) is 1. The van der Waals surface area contributed by atoms with Crippen LogP contribution >= 0.6 is 0 Å². The predicted molar refractivity (Wildman–Crippen MR) is 88.7 cm³/mol. The number of benzene rings is 1. The molecular weight excluding hydrogens is 260 g/mol. The highest BCUT2D eigenvalue weighted by molar-refractivity contribution is 5.24. The Morgan fingerprint density at radius 1 is 1.10 bits per heavy atom. The maximum Gasteiger partial charge on any atom is 0.0760 e. The van der Waals surface area contributed by atoms with E-state index in [9.17, 15) is 0 Å². The average Bonchev–Trinajstić information content (AvgIpc) is 2.33. The van der Waals surface area contributed by atoms with Gasteiger partial charge in [0.1, 0.15) is 0 Å². The van der Waals surface area contributed by atoms with E-state index < -0.39 is 0 Å². The number of rotatable bonds is 4. The number of hydrogen-bond acceptors (Lipinski definition) is 3. The molecule has 1 aliphatic rings. The molecule has 0 spiro atoms. The van der Waals surface area contributed by atoms with Crippen LogP contribution in [0.5, 0.6) is 0 Å². The Bertz CT molecular complexity index is 449. The van der Waals surface area contributed by atoms with Crippen molar-refractivity contribution < 1.29 is 4.74 Å². The number of ether oxygens (including phenoxy) is 1. The topological polar surface area (TPSA) is 24.5 Å². The lowest BCUT2D eigenvalue weighted by Crippen LogP contribution is -2.58. The summed E-state index contributed by atoms with van der Waals surface area (Å²) in [7, 11) is 2.04. The maximum atomic E-state index is 6.17. The second-order valence-corrected chi connectivity index (χ2v) is 7.54. The molecule has 1 fully saturated rings.